The van der Waals surface area contributed by atoms with Crippen molar-refractivity contribution in [2.24, 2.45) is 0 Å². The number of nitrogen functional groups attached to an aromatic ring is 1. The molecule has 110 valence electrons. The van der Waals surface area contributed by atoms with Crippen molar-refractivity contribution in [3.05, 3.63) is 53.7 Å². The summed E-state index contributed by atoms with van der Waals surface area (Å²) < 4.78 is 0. The summed E-state index contributed by atoms with van der Waals surface area (Å²) in [7, 11) is 5.39. The van der Waals surface area contributed by atoms with Gasteiger partial charge in [0.2, 0.25) is 0 Å². The molecule has 0 aliphatic carbocycles. The van der Waals surface area contributed by atoms with Crippen molar-refractivity contribution >= 4 is 17.4 Å². The number of benzene rings is 1. The lowest BCUT2D eigenvalue weighted by atomic mass is 10.1. The first kappa shape index (κ1) is 14.8. The van der Waals surface area contributed by atoms with Gasteiger partial charge in [0.05, 0.1) is 5.56 Å². The molecule has 0 aliphatic heterocycles. The number of nitrogens with zero attached hydrogens (tertiary/aromatic N) is 3. The van der Waals surface area contributed by atoms with E-state index in [1.54, 1.807) is 26.4 Å². The number of carbonyl (C=O) groups is 1. The van der Waals surface area contributed by atoms with Crippen LogP contribution in [0.4, 0.5) is 11.5 Å². The van der Waals surface area contributed by atoms with Gasteiger partial charge in [-0.25, -0.2) is 4.98 Å². The lowest BCUT2D eigenvalue weighted by molar-refractivity contribution is 0.0827. The summed E-state index contributed by atoms with van der Waals surface area (Å²) in [4.78, 5) is 19.7. The third-order valence-electron chi connectivity index (χ3n) is 3.25. The van der Waals surface area contributed by atoms with Crippen molar-refractivity contribution in [3.8, 4) is 0 Å². The molecule has 0 atom stereocenters. The molecule has 2 aromatic rings. The van der Waals surface area contributed by atoms with Gasteiger partial charge in [-0.1, -0.05) is 18.2 Å². The first-order chi connectivity index (χ1) is 9.99. The fourth-order valence-electron chi connectivity index (χ4n) is 2.01. The van der Waals surface area contributed by atoms with Crippen LogP contribution in [-0.2, 0) is 6.54 Å². The van der Waals surface area contributed by atoms with Crippen LogP contribution in [0.3, 0.4) is 0 Å². The highest BCUT2D eigenvalue weighted by atomic mass is 16.2. The van der Waals surface area contributed by atoms with Crippen LogP contribution in [0.25, 0.3) is 0 Å². The van der Waals surface area contributed by atoms with E-state index in [0.29, 0.717) is 12.1 Å². The van der Waals surface area contributed by atoms with E-state index in [4.69, 9.17) is 5.73 Å². The van der Waals surface area contributed by atoms with E-state index < -0.39 is 0 Å². The number of hydrogen-bond donors (Lipinski definition) is 1. The molecule has 0 saturated carbocycles. The standard InChI is InChI=1S/C16H20N4O/c1-19(2)16(21)12-8-9-15(18-10-12)20(3)11-13-6-4-5-7-14(13)17/h4-10H,11,17H2,1-3H3. The molecule has 0 fully saturated rings. The Kier molecular flexibility index (Phi) is 4.42. The molecule has 2 N–H and O–H groups in total. The summed E-state index contributed by atoms with van der Waals surface area (Å²) in [5.41, 5.74) is 8.35. The number of amides is 1. The summed E-state index contributed by atoms with van der Waals surface area (Å²) in [6, 6.07) is 11.4. The normalized spacial score (nSPS) is 10.2. The van der Waals surface area contributed by atoms with Gasteiger partial charge in [-0.05, 0) is 23.8 Å². The number of nitrogens with two attached hydrogens (primary N) is 1. The van der Waals surface area contributed by atoms with E-state index in [0.717, 1.165) is 17.1 Å². The Balaban J connectivity index is 2.12. The Bertz CT molecular complexity index is 622. The Labute approximate surface area is 125 Å². The van der Waals surface area contributed by atoms with Gasteiger partial charge in [0, 0.05) is 39.6 Å². The highest BCUT2D eigenvalue weighted by Gasteiger charge is 2.10. The Morgan fingerprint density at radius 1 is 1.14 bits per heavy atom. The summed E-state index contributed by atoms with van der Waals surface area (Å²) in [5, 5.41) is 0. The molecule has 5 nitrogen and oxygen atoms in total. The molecule has 21 heavy (non-hydrogen) atoms. The molecule has 0 aliphatic rings. The minimum absolute atomic E-state index is 0.0518. The second kappa shape index (κ2) is 6.26. The number of anilines is 2. The molecule has 0 bridgehead atoms. The van der Waals surface area contributed by atoms with Crippen LogP contribution in [0.5, 0.6) is 0 Å². The Morgan fingerprint density at radius 2 is 1.86 bits per heavy atom. The minimum Gasteiger partial charge on any atom is -0.398 e. The molecular formula is C16H20N4O. The average Bonchev–Trinajstić information content (AvgIpc) is 2.49. The van der Waals surface area contributed by atoms with Crippen LogP contribution >= 0.6 is 0 Å². The smallest absolute Gasteiger partial charge is 0.254 e. The summed E-state index contributed by atoms with van der Waals surface area (Å²) in [6.45, 7) is 0.667. The van der Waals surface area contributed by atoms with Gasteiger partial charge in [-0.15, -0.1) is 0 Å². The van der Waals surface area contributed by atoms with Gasteiger partial charge < -0.3 is 15.5 Å². The number of para-hydroxylation sites is 1. The minimum atomic E-state index is -0.0518. The fraction of sp³-hybridized carbons (Fsp3) is 0.250. The molecule has 0 radical (unpaired) electrons. The van der Waals surface area contributed by atoms with Gasteiger partial charge in [0.1, 0.15) is 5.82 Å². The molecule has 2 rings (SSSR count). The molecule has 0 spiro atoms. The van der Waals surface area contributed by atoms with E-state index in [1.165, 1.54) is 4.90 Å². The van der Waals surface area contributed by atoms with Gasteiger partial charge in [0.15, 0.2) is 0 Å². The molecule has 1 heterocycles. The van der Waals surface area contributed by atoms with E-state index in [1.807, 2.05) is 42.3 Å². The predicted octanol–water partition coefficient (Wildman–Crippen LogP) is 2.00. The first-order valence-electron chi connectivity index (χ1n) is 6.71. The van der Waals surface area contributed by atoms with E-state index in [-0.39, 0.29) is 5.91 Å². The van der Waals surface area contributed by atoms with Crippen LogP contribution in [0, 0.1) is 0 Å². The molecule has 0 saturated heterocycles. The fourth-order valence-corrected chi connectivity index (χ4v) is 2.01. The second-order valence-corrected chi connectivity index (χ2v) is 5.16. The van der Waals surface area contributed by atoms with Crippen LogP contribution < -0.4 is 10.6 Å². The topological polar surface area (TPSA) is 62.5 Å². The van der Waals surface area contributed by atoms with Crippen LogP contribution in [0.1, 0.15) is 15.9 Å². The van der Waals surface area contributed by atoms with E-state index in [2.05, 4.69) is 4.98 Å². The van der Waals surface area contributed by atoms with Crippen molar-refractivity contribution < 1.29 is 4.79 Å². The maximum Gasteiger partial charge on any atom is 0.254 e. The van der Waals surface area contributed by atoms with Crippen molar-refractivity contribution in [2.45, 2.75) is 6.54 Å². The van der Waals surface area contributed by atoms with Crippen LogP contribution in [-0.4, -0.2) is 36.9 Å². The van der Waals surface area contributed by atoms with Gasteiger partial charge >= 0.3 is 0 Å². The van der Waals surface area contributed by atoms with Crippen molar-refractivity contribution in [3.63, 3.8) is 0 Å². The molecule has 0 unspecified atom stereocenters. The summed E-state index contributed by atoms with van der Waals surface area (Å²) >= 11 is 0. The Morgan fingerprint density at radius 3 is 2.43 bits per heavy atom. The molecular weight excluding hydrogens is 264 g/mol. The number of aromatic nitrogens is 1. The van der Waals surface area contributed by atoms with E-state index >= 15 is 0 Å². The lowest BCUT2D eigenvalue weighted by Gasteiger charge is -2.19. The maximum atomic E-state index is 11.8. The summed E-state index contributed by atoms with van der Waals surface area (Å²) in [6.07, 6.45) is 1.60. The van der Waals surface area contributed by atoms with E-state index in [9.17, 15) is 4.79 Å². The lowest BCUT2D eigenvalue weighted by Crippen LogP contribution is -2.22. The number of pyridine rings is 1. The maximum absolute atomic E-state index is 11.8. The average molecular weight is 284 g/mol. The third kappa shape index (κ3) is 3.51. The zero-order valence-corrected chi connectivity index (χ0v) is 12.6. The summed E-state index contributed by atoms with van der Waals surface area (Å²) in [5.74, 6) is 0.748. The third-order valence-corrected chi connectivity index (χ3v) is 3.25. The van der Waals surface area contributed by atoms with Gasteiger partial charge in [0.25, 0.3) is 5.91 Å². The van der Waals surface area contributed by atoms with Crippen molar-refractivity contribution in [1.82, 2.24) is 9.88 Å². The number of hydrogen-bond acceptors (Lipinski definition) is 4. The largest absolute Gasteiger partial charge is 0.398 e. The molecule has 1 aromatic heterocycles. The van der Waals surface area contributed by atoms with Crippen molar-refractivity contribution in [2.75, 3.05) is 31.8 Å². The predicted molar refractivity (Wildman–Crippen MR) is 85.2 cm³/mol. The van der Waals surface area contributed by atoms with Gasteiger partial charge in [-0.3, -0.25) is 4.79 Å². The quantitative estimate of drug-likeness (QED) is 0.872. The van der Waals surface area contributed by atoms with Crippen LogP contribution in [0.2, 0.25) is 0 Å². The molecule has 1 amide bonds. The monoisotopic (exact) mass is 284 g/mol. The highest BCUT2D eigenvalue weighted by molar-refractivity contribution is 5.93. The first-order valence-corrected chi connectivity index (χ1v) is 6.71. The van der Waals surface area contributed by atoms with Crippen molar-refractivity contribution in [1.29, 1.82) is 0 Å². The second-order valence-electron chi connectivity index (χ2n) is 5.16. The molecule has 5 heteroatoms. The SMILES string of the molecule is CN(C)C(=O)c1ccc(N(C)Cc2ccccc2N)nc1. The van der Waals surface area contributed by atoms with Crippen LogP contribution in [0.15, 0.2) is 42.6 Å². The highest BCUT2D eigenvalue weighted by Crippen LogP contribution is 2.17. The number of carbonyl (C=O) groups excluding carboxylic acids is 1. The van der Waals surface area contributed by atoms with Gasteiger partial charge in [-0.2, -0.15) is 0 Å². The zero-order valence-electron chi connectivity index (χ0n) is 12.6. The Hall–Kier alpha value is -2.56. The molecule has 1 aromatic carbocycles. The number of rotatable bonds is 4. The zero-order chi connectivity index (χ0) is 15.4.